The number of ether oxygens (including phenoxy) is 1. The minimum atomic E-state index is 0. The van der Waals surface area contributed by atoms with Crippen LogP contribution in [0.15, 0.2) is 0 Å². The lowest BCUT2D eigenvalue weighted by Gasteiger charge is -2.34. The summed E-state index contributed by atoms with van der Waals surface area (Å²) in [6, 6.07) is 0. The van der Waals surface area contributed by atoms with Gasteiger partial charge in [-0.3, -0.25) is 4.90 Å². The molecule has 0 spiro atoms. The minimum absolute atomic E-state index is 0. The molecule has 1 aliphatic rings. The Morgan fingerprint density at radius 2 is 1.83 bits per heavy atom. The van der Waals surface area contributed by atoms with Crippen molar-refractivity contribution in [3.05, 3.63) is 0 Å². The van der Waals surface area contributed by atoms with Gasteiger partial charge in [-0.2, -0.15) is 0 Å². The summed E-state index contributed by atoms with van der Waals surface area (Å²) in [5.74, 6) is 0. The van der Waals surface area contributed by atoms with Gasteiger partial charge in [0.1, 0.15) is 0 Å². The standard InChI is InChI=1S/C8H16BrNO.BrH/c1-7-5-10(4-3-9)6-8(2)11-7;/h7-8H,3-6H2,1-2H3;1H. The van der Waals surface area contributed by atoms with Crippen molar-refractivity contribution in [2.75, 3.05) is 25.0 Å². The van der Waals surface area contributed by atoms with Crippen LogP contribution in [0.3, 0.4) is 0 Å². The zero-order chi connectivity index (χ0) is 8.27. The maximum absolute atomic E-state index is 5.61. The third kappa shape index (κ3) is 4.21. The molecule has 2 atom stereocenters. The van der Waals surface area contributed by atoms with E-state index >= 15 is 0 Å². The van der Waals surface area contributed by atoms with Gasteiger partial charge in [0.25, 0.3) is 0 Å². The number of morpholine rings is 1. The van der Waals surface area contributed by atoms with Crippen molar-refractivity contribution < 1.29 is 4.74 Å². The first-order valence-electron chi connectivity index (χ1n) is 4.16. The second-order valence-corrected chi connectivity index (χ2v) is 4.00. The SMILES string of the molecule is Br.CC1CN(CCBr)CC(C)O1. The van der Waals surface area contributed by atoms with Crippen LogP contribution < -0.4 is 0 Å². The van der Waals surface area contributed by atoms with Crippen LogP contribution in [0.2, 0.25) is 0 Å². The lowest BCUT2D eigenvalue weighted by molar-refractivity contribution is -0.0660. The van der Waals surface area contributed by atoms with E-state index in [0.29, 0.717) is 12.2 Å². The molecule has 0 amide bonds. The highest BCUT2D eigenvalue weighted by Gasteiger charge is 2.20. The predicted octanol–water partition coefficient (Wildman–Crippen LogP) is 2.07. The van der Waals surface area contributed by atoms with Crippen molar-refractivity contribution in [2.24, 2.45) is 0 Å². The third-order valence-electron chi connectivity index (χ3n) is 1.90. The van der Waals surface area contributed by atoms with Crippen molar-refractivity contribution in [3.63, 3.8) is 0 Å². The quantitative estimate of drug-likeness (QED) is 0.724. The van der Waals surface area contributed by atoms with Gasteiger partial charge in [-0.15, -0.1) is 17.0 Å². The van der Waals surface area contributed by atoms with E-state index < -0.39 is 0 Å². The number of hydrogen-bond acceptors (Lipinski definition) is 2. The topological polar surface area (TPSA) is 12.5 Å². The molecule has 1 aliphatic heterocycles. The molecule has 0 aromatic rings. The Kier molecular flexibility index (Phi) is 6.82. The van der Waals surface area contributed by atoms with Crippen LogP contribution in [0, 0.1) is 0 Å². The molecule has 2 unspecified atom stereocenters. The lowest BCUT2D eigenvalue weighted by atomic mass is 10.2. The van der Waals surface area contributed by atoms with Gasteiger partial charge < -0.3 is 4.74 Å². The molecule has 4 heteroatoms. The van der Waals surface area contributed by atoms with Gasteiger partial charge in [-0.1, -0.05) is 15.9 Å². The minimum Gasteiger partial charge on any atom is -0.373 e. The molecule has 0 saturated carbocycles. The zero-order valence-electron chi connectivity index (χ0n) is 7.62. The summed E-state index contributed by atoms with van der Waals surface area (Å²) in [5.41, 5.74) is 0. The number of rotatable bonds is 2. The van der Waals surface area contributed by atoms with Gasteiger partial charge in [0.2, 0.25) is 0 Å². The summed E-state index contributed by atoms with van der Waals surface area (Å²) in [5, 5.41) is 1.06. The summed E-state index contributed by atoms with van der Waals surface area (Å²) in [6.45, 7) is 7.57. The Bertz CT molecular complexity index is 114. The predicted molar refractivity (Wildman–Crippen MR) is 60.6 cm³/mol. The summed E-state index contributed by atoms with van der Waals surface area (Å²) >= 11 is 3.44. The molecule has 1 heterocycles. The molecule has 0 N–H and O–H groups in total. The van der Waals surface area contributed by atoms with Crippen LogP contribution in [0.5, 0.6) is 0 Å². The van der Waals surface area contributed by atoms with Crippen molar-refractivity contribution >= 4 is 32.9 Å². The first-order chi connectivity index (χ1) is 5.22. The normalized spacial score (nSPS) is 31.2. The fourth-order valence-electron chi connectivity index (χ4n) is 1.59. The summed E-state index contributed by atoms with van der Waals surface area (Å²) in [4.78, 5) is 2.44. The Labute approximate surface area is 93.5 Å². The second kappa shape index (κ2) is 6.35. The first-order valence-corrected chi connectivity index (χ1v) is 5.28. The monoisotopic (exact) mass is 301 g/mol. The van der Waals surface area contributed by atoms with E-state index in [-0.39, 0.29) is 17.0 Å². The molecule has 12 heavy (non-hydrogen) atoms. The summed E-state index contributed by atoms with van der Waals surface area (Å²) < 4.78 is 5.61. The summed E-state index contributed by atoms with van der Waals surface area (Å²) in [6.07, 6.45) is 0.801. The highest BCUT2D eigenvalue weighted by atomic mass is 79.9. The van der Waals surface area contributed by atoms with E-state index in [1.165, 1.54) is 0 Å². The molecular formula is C8H17Br2NO. The average molecular weight is 303 g/mol. The van der Waals surface area contributed by atoms with Gasteiger partial charge in [-0.25, -0.2) is 0 Å². The van der Waals surface area contributed by atoms with Crippen LogP contribution in [0.4, 0.5) is 0 Å². The Morgan fingerprint density at radius 3 is 2.25 bits per heavy atom. The number of halogens is 2. The van der Waals surface area contributed by atoms with Gasteiger partial charge in [0.15, 0.2) is 0 Å². The number of alkyl halides is 1. The molecule has 0 aromatic heterocycles. The van der Waals surface area contributed by atoms with E-state index in [4.69, 9.17) is 4.74 Å². The van der Waals surface area contributed by atoms with Crippen LogP contribution in [-0.4, -0.2) is 42.1 Å². The number of hydrogen-bond donors (Lipinski definition) is 0. The second-order valence-electron chi connectivity index (χ2n) is 3.21. The van der Waals surface area contributed by atoms with Crippen molar-refractivity contribution in [3.8, 4) is 0 Å². The lowest BCUT2D eigenvalue weighted by Crippen LogP contribution is -2.45. The molecule has 2 nitrogen and oxygen atoms in total. The van der Waals surface area contributed by atoms with E-state index in [1.54, 1.807) is 0 Å². The molecule has 1 saturated heterocycles. The fourth-order valence-corrected chi connectivity index (χ4v) is 2.09. The fraction of sp³-hybridized carbons (Fsp3) is 1.00. The maximum Gasteiger partial charge on any atom is 0.0678 e. The number of nitrogens with zero attached hydrogens (tertiary/aromatic N) is 1. The van der Waals surface area contributed by atoms with E-state index in [9.17, 15) is 0 Å². The average Bonchev–Trinajstić information content (AvgIpc) is 1.85. The van der Waals surface area contributed by atoms with Crippen LogP contribution in [0.1, 0.15) is 13.8 Å². The van der Waals surface area contributed by atoms with E-state index in [0.717, 1.165) is 25.0 Å². The smallest absolute Gasteiger partial charge is 0.0678 e. The highest BCUT2D eigenvalue weighted by Crippen LogP contribution is 2.09. The molecular weight excluding hydrogens is 286 g/mol. The molecule has 0 bridgehead atoms. The Morgan fingerprint density at radius 1 is 1.33 bits per heavy atom. The van der Waals surface area contributed by atoms with Gasteiger partial charge in [0, 0.05) is 25.0 Å². The van der Waals surface area contributed by atoms with Gasteiger partial charge in [0.05, 0.1) is 12.2 Å². The van der Waals surface area contributed by atoms with Crippen molar-refractivity contribution in [2.45, 2.75) is 26.1 Å². The molecule has 1 rings (SSSR count). The zero-order valence-corrected chi connectivity index (χ0v) is 10.9. The first kappa shape index (κ1) is 12.9. The Hall–Kier alpha value is 0.880. The molecule has 1 fully saturated rings. The van der Waals surface area contributed by atoms with Crippen LogP contribution in [-0.2, 0) is 4.74 Å². The summed E-state index contributed by atoms with van der Waals surface area (Å²) in [7, 11) is 0. The third-order valence-corrected chi connectivity index (χ3v) is 2.25. The van der Waals surface area contributed by atoms with Crippen LogP contribution >= 0.6 is 32.9 Å². The molecule has 74 valence electrons. The largest absolute Gasteiger partial charge is 0.373 e. The van der Waals surface area contributed by atoms with Gasteiger partial charge >= 0.3 is 0 Å². The molecule has 0 aliphatic carbocycles. The van der Waals surface area contributed by atoms with E-state index in [1.807, 2.05) is 0 Å². The van der Waals surface area contributed by atoms with Crippen LogP contribution in [0.25, 0.3) is 0 Å². The highest BCUT2D eigenvalue weighted by molar-refractivity contribution is 9.09. The molecule has 0 aromatic carbocycles. The van der Waals surface area contributed by atoms with Crippen molar-refractivity contribution in [1.82, 2.24) is 4.90 Å². The van der Waals surface area contributed by atoms with Crippen molar-refractivity contribution in [1.29, 1.82) is 0 Å². The maximum atomic E-state index is 5.61. The van der Waals surface area contributed by atoms with Gasteiger partial charge in [-0.05, 0) is 13.8 Å². The van der Waals surface area contributed by atoms with E-state index in [2.05, 4.69) is 34.7 Å². The Balaban J connectivity index is 0.00000121. The molecule has 0 radical (unpaired) electrons.